The summed E-state index contributed by atoms with van der Waals surface area (Å²) in [4.78, 5) is 8.95. The molecule has 0 spiro atoms. The first-order valence-corrected chi connectivity index (χ1v) is 8.55. The van der Waals surface area contributed by atoms with E-state index < -0.39 is 0 Å². The van der Waals surface area contributed by atoms with Crippen molar-refractivity contribution in [1.29, 1.82) is 0 Å². The maximum absolute atomic E-state index is 4.47. The standard InChI is InChI=1S/C21H26N2/c1(2-10-16-22-18-20-12-6-4-7-13-20)3-11-17-23-19-21-14-8-5-9-15-21/h4-9,12-15,18-19H,1-3,10-11,16-17H2. The van der Waals surface area contributed by atoms with E-state index in [-0.39, 0.29) is 0 Å². The summed E-state index contributed by atoms with van der Waals surface area (Å²) in [6, 6.07) is 20.6. The van der Waals surface area contributed by atoms with Gasteiger partial charge in [0.15, 0.2) is 0 Å². The average Bonchev–Trinajstić information content (AvgIpc) is 2.61. The number of hydrogen-bond acceptors (Lipinski definition) is 2. The molecule has 0 fully saturated rings. The summed E-state index contributed by atoms with van der Waals surface area (Å²) in [7, 11) is 0. The lowest BCUT2D eigenvalue weighted by Crippen LogP contribution is -1.88. The zero-order valence-corrected chi connectivity index (χ0v) is 13.8. The Kier molecular flexibility index (Phi) is 8.47. The van der Waals surface area contributed by atoms with E-state index in [9.17, 15) is 0 Å². The van der Waals surface area contributed by atoms with Crippen LogP contribution in [0.3, 0.4) is 0 Å². The lowest BCUT2D eigenvalue weighted by molar-refractivity contribution is 0.625. The van der Waals surface area contributed by atoms with Gasteiger partial charge in [-0.1, -0.05) is 79.9 Å². The van der Waals surface area contributed by atoms with Gasteiger partial charge >= 0.3 is 0 Å². The number of aliphatic imine (C=N–C) groups is 2. The van der Waals surface area contributed by atoms with Crippen LogP contribution < -0.4 is 0 Å². The number of hydrogen-bond donors (Lipinski definition) is 0. The maximum atomic E-state index is 4.47. The number of nitrogens with zero attached hydrogens (tertiary/aromatic N) is 2. The van der Waals surface area contributed by atoms with E-state index in [0.717, 1.165) is 13.1 Å². The van der Waals surface area contributed by atoms with Crippen LogP contribution >= 0.6 is 0 Å². The molecule has 120 valence electrons. The minimum Gasteiger partial charge on any atom is -0.293 e. The van der Waals surface area contributed by atoms with Gasteiger partial charge in [-0.15, -0.1) is 0 Å². The minimum atomic E-state index is 0.932. The Labute approximate surface area is 140 Å². The number of rotatable bonds is 10. The van der Waals surface area contributed by atoms with Gasteiger partial charge in [0.1, 0.15) is 0 Å². The fourth-order valence-corrected chi connectivity index (χ4v) is 2.35. The van der Waals surface area contributed by atoms with E-state index in [2.05, 4.69) is 34.3 Å². The Morgan fingerprint density at radius 2 is 0.913 bits per heavy atom. The molecule has 0 atom stereocenters. The van der Waals surface area contributed by atoms with Gasteiger partial charge in [-0.05, 0) is 24.0 Å². The van der Waals surface area contributed by atoms with Crippen LogP contribution in [0.25, 0.3) is 0 Å². The van der Waals surface area contributed by atoms with Crippen LogP contribution in [-0.4, -0.2) is 25.5 Å². The van der Waals surface area contributed by atoms with Crippen LogP contribution in [0, 0.1) is 0 Å². The zero-order chi connectivity index (χ0) is 16.0. The van der Waals surface area contributed by atoms with Crippen molar-refractivity contribution in [3.8, 4) is 0 Å². The van der Waals surface area contributed by atoms with Crippen LogP contribution in [0.2, 0.25) is 0 Å². The topological polar surface area (TPSA) is 24.7 Å². The molecular weight excluding hydrogens is 280 g/mol. The molecule has 23 heavy (non-hydrogen) atoms. The Morgan fingerprint density at radius 1 is 0.522 bits per heavy atom. The first-order chi connectivity index (χ1) is 11.4. The predicted molar refractivity (Wildman–Crippen MR) is 101 cm³/mol. The van der Waals surface area contributed by atoms with Crippen LogP contribution in [0.1, 0.15) is 43.2 Å². The van der Waals surface area contributed by atoms with E-state index in [1.807, 2.05) is 48.8 Å². The van der Waals surface area contributed by atoms with E-state index in [0.29, 0.717) is 0 Å². The van der Waals surface area contributed by atoms with Crippen molar-refractivity contribution in [1.82, 2.24) is 0 Å². The lowest BCUT2D eigenvalue weighted by Gasteiger charge is -1.98. The van der Waals surface area contributed by atoms with E-state index in [1.54, 1.807) is 0 Å². The number of unbranched alkanes of at least 4 members (excludes halogenated alkanes) is 4. The van der Waals surface area contributed by atoms with Crippen molar-refractivity contribution in [3.05, 3.63) is 71.8 Å². The molecule has 0 radical (unpaired) electrons. The van der Waals surface area contributed by atoms with Crippen molar-refractivity contribution in [2.45, 2.75) is 32.1 Å². The van der Waals surface area contributed by atoms with Crippen molar-refractivity contribution in [2.24, 2.45) is 9.98 Å². The third-order valence-electron chi connectivity index (χ3n) is 3.65. The van der Waals surface area contributed by atoms with Crippen LogP contribution in [-0.2, 0) is 0 Å². The molecule has 0 saturated heterocycles. The molecule has 0 heterocycles. The van der Waals surface area contributed by atoms with E-state index in [4.69, 9.17) is 0 Å². The molecule has 0 amide bonds. The maximum Gasteiger partial charge on any atom is 0.0389 e. The van der Waals surface area contributed by atoms with Gasteiger partial charge in [0.2, 0.25) is 0 Å². The number of benzene rings is 2. The van der Waals surface area contributed by atoms with E-state index in [1.165, 1.54) is 43.2 Å². The molecule has 0 bridgehead atoms. The van der Waals surface area contributed by atoms with Gasteiger partial charge in [0, 0.05) is 25.5 Å². The van der Waals surface area contributed by atoms with Crippen molar-refractivity contribution < 1.29 is 0 Å². The first-order valence-electron chi connectivity index (χ1n) is 8.55. The largest absolute Gasteiger partial charge is 0.293 e. The third kappa shape index (κ3) is 8.10. The lowest BCUT2D eigenvalue weighted by atomic mass is 10.1. The summed E-state index contributed by atoms with van der Waals surface area (Å²) in [5, 5.41) is 0. The molecule has 0 unspecified atom stereocenters. The molecule has 2 aromatic rings. The summed E-state index contributed by atoms with van der Waals surface area (Å²) in [5.74, 6) is 0. The summed E-state index contributed by atoms with van der Waals surface area (Å²) in [6.45, 7) is 1.86. The Balaban J connectivity index is 1.44. The third-order valence-corrected chi connectivity index (χ3v) is 3.65. The molecule has 2 aromatic carbocycles. The molecule has 2 heteroatoms. The molecule has 0 saturated carbocycles. The highest BCUT2D eigenvalue weighted by Gasteiger charge is 1.90. The highest BCUT2D eigenvalue weighted by Crippen LogP contribution is 2.04. The highest BCUT2D eigenvalue weighted by molar-refractivity contribution is 5.79. The molecule has 0 aromatic heterocycles. The highest BCUT2D eigenvalue weighted by atomic mass is 14.7. The molecule has 0 aliphatic heterocycles. The molecule has 2 rings (SSSR count). The van der Waals surface area contributed by atoms with Gasteiger partial charge in [-0.2, -0.15) is 0 Å². The molecule has 2 nitrogen and oxygen atoms in total. The molecule has 0 aliphatic rings. The van der Waals surface area contributed by atoms with Crippen LogP contribution in [0.4, 0.5) is 0 Å². The molecular formula is C21H26N2. The van der Waals surface area contributed by atoms with Gasteiger partial charge in [0.25, 0.3) is 0 Å². The second kappa shape index (κ2) is 11.4. The SMILES string of the molecule is C(=NCCCCCCCN=Cc1ccccc1)c1ccccc1. The Morgan fingerprint density at radius 3 is 1.35 bits per heavy atom. The monoisotopic (exact) mass is 306 g/mol. The Bertz CT molecular complexity index is 520. The molecule has 0 aliphatic carbocycles. The quantitative estimate of drug-likeness (QED) is 0.427. The van der Waals surface area contributed by atoms with Gasteiger partial charge < -0.3 is 0 Å². The summed E-state index contributed by atoms with van der Waals surface area (Å²) in [6.07, 6.45) is 10.1. The van der Waals surface area contributed by atoms with E-state index >= 15 is 0 Å². The summed E-state index contributed by atoms with van der Waals surface area (Å²) in [5.41, 5.74) is 2.37. The summed E-state index contributed by atoms with van der Waals surface area (Å²) < 4.78 is 0. The van der Waals surface area contributed by atoms with Gasteiger partial charge in [-0.3, -0.25) is 9.98 Å². The van der Waals surface area contributed by atoms with Crippen molar-refractivity contribution in [2.75, 3.05) is 13.1 Å². The van der Waals surface area contributed by atoms with Gasteiger partial charge in [-0.25, -0.2) is 0 Å². The fourth-order valence-electron chi connectivity index (χ4n) is 2.35. The second-order valence-electron chi connectivity index (χ2n) is 5.66. The second-order valence-corrected chi connectivity index (χ2v) is 5.66. The summed E-state index contributed by atoms with van der Waals surface area (Å²) >= 11 is 0. The predicted octanol–water partition coefficient (Wildman–Crippen LogP) is 5.18. The average molecular weight is 306 g/mol. The fraction of sp³-hybridized carbons (Fsp3) is 0.333. The van der Waals surface area contributed by atoms with Crippen molar-refractivity contribution in [3.63, 3.8) is 0 Å². The van der Waals surface area contributed by atoms with Crippen LogP contribution in [0.15, 0.2) is 70.6 Å². The minimum absolute atomic E-state index is 0.932. The van der Waals surface area contributed by atoms with Gasteiger partial charge in [0.05, 0.1) is 0 Å². The zero-order valence-electron chi connectivity index (χ0n) is 13.8. The normalized spacial score (nSPS) is 11.5. The van der Waals surface area contributed by atoms with Crippen LogP contribution in [0.5, 0.6) is 0 Å². The van der Waals surface area contributed by atoms with Crippen molar-refractivity contribution >= 4 is 12.4 Å². The molecule has 0 N–H and O–H groups in total. The Hall–Kier alpha value is -2.22. The smallest absolute Gasteiger partial charge is 0.0389 e. The first kappa shape index (κ1) is 17.1.